The van der Waals surface area contributed by atoms with E-state index in [1.807, 2.05) is 48.5 Å². The van der Waals surface area contributed by atoms with E-state index in [0.29, 0.717) is 11.5 Å². The molecule has 0 atom stereocenters. The molecule has 0 amide bonds. The maximum atomic E-state index is 11.8. The Morgan fingerprint density at radius 2 is 1.63 bits per heavy atom. The average molecular weight is 249 g/mol. The van der Waals surface area contributed by atoms with Gasteiger partial charge in [0, 0.05) is 5.56 Å². The minimum atomic E-state index is -0.451. The van der Waals surface area contributed by atoms with Crippen molar-refractivity contribution in [1.82, 2.24) is 0 Å². The summed E-state index contributed by atoms with van der Waals surface area (Å²) in [6, 6.07) is 16.8. The molecule has 92 valence electrons. The number of fused-ring (bicyclic) bond motifs is 1. The first-order valence-corrected chi connectivity index (χ1v) is 5.90. The Bertz CT molecular complexity index is 687. The Labute approximate surface area is 110 Å². The molecule has 3 rings (SSSR count). The number of benzene rings is 2. The fraction of sp³-hybridized carbons (Fsp3) is 0. The Morgan fingerprint density at radius 1 is 0.947 bits per heavy atom. The van der Waals surface area contributed by atoms with Crippen LogP contribution in [-0.4, -0.2) is 11.7 Å². The number of esters is 1. The molecule has 0 spiro atoms. The Morgan fingerprint density at radius 3 is 2.42 bits per heavy atom. The van der Waals surface area contributed by atoms with Crippen LogP contribution in [-0.2, 0) is 4.79 Å². The van der Waals surface area contributed by atoms with E-state index in [4.69, 9.17) is 4.74 Å². The fourth-order valence-corrected chi connectivity index (χ4v) is 1.93. The minimum absolute atomic E-state index is 0.280. The maximum Gasteiger partial charge on any atom is 0.345 e. The summed E-state index contributed by atoms with van der Waals surface area (Å²) in [4.78, 5) is 16.3. The molecule has 0 radical (unpaired) electrons. The van der Waals surface area contributed by atoms with Crippen LogP contribution < -0.4 is 4.74 Å². The van der Waals surface area contributed by atoms with Crippen LogP contribution in [0.5, 0.6) is 5.75 Å². The highest BCUT2D eigenvalue weighted by Gasteiger charge is 2.26. The van der Waals surface area contributed by atoms with Crippen LogP contribution in [0.4, 0.5) is 5.69 Å². The number of aliphatic imine (C=N–C) groups is 1. The molecule has 0 N–H and O–H groups in total. The average Bonchev–Trinajstić information content (AvgIpc) is 2.45. The van der Waals surface area contributed by atoms with Crippen molar-refractivity contribution in [2.45, 2.75) is 0 Å². The van der Waals surface area contributed by atoms with E-state index < -0.39 is 5.97 Å². The van der Waals surface area contributed by atoms with Gasteiger partial charge in [-0.1, -0.05) is 36.9 Å². The first kappa shape index (κ1) is 11.4. The van der Waals surface area contributed by atoms with Gasteiger partial charge in [-0.15, -0.1) is 0 Å². The zero-order valence-corrected chi connectivity index (χ0v) is 10.2. The standard InChI is InChI=1S/C16H11NO2/c1-11-15(17-12-7-3-2-4-8-12)13-9-5-6-10-14(13)19-16(11)18/h2-10H,1H2. The van der Waals surface area contributed by atoms with Gasteiger partial charge in [0.05, 0.1) is 17.0 Å². The number of carbonyl (C=O) groups excluding carboxylic acids is 1. The number of rotatable bonds is 1. The lowest BCUT2D eigenvalue weighted by molar-refractivity contribution is -0.129. The normalized spacial score (nSPS) is 16.1. The molecular weight excluding hydrogens is 238 g/mol. The van der Waals surface area contributed by atoms with E-state index in [2.05, 4.69) is 11.6 Å². The van der Waals surface area contributed by atoms with E-state index in [9.17, 15) is 4.79 Å². The molecular formula is C16H11NO2. The summed E-state index contributed by atoms with van der Waals surface area (Å²) in [6.45, 7) is 3.77. The summed E-state index contributed by atoms with van der Waals surface area (Å²) in [5, 5.41) is 0. The first-order valence-electron chi connectivity index (χ1n) is 5.90. The molecule has 2 aromatic rings. The van der Waals surface area contributed by atoms with Gasteiger partial charge in [0.2, 0.25) is 0 Å². The van der Waals surface area contributed by atoms with Crippen LogP contribution in [0.3, 0.4) is 0 Å². The molecule has 3 nitrogen and oxygen atoms in total. The molecule has 1 aliphatic rings. The van der Waals surface area contributed by atoms with Crippen molar-refractivity contribution in [3.05, 3.63) is 72.3 Å². The third-order valence-corrected chi connectivity index (χ3v) is 2.87. The second-order valence-corrected chi connectivity index (χ2v) is 4.16. The van der Waals surface area contributed by atoms with Crippen LogP contribution in [0.15, 0.2) is 71.7 Å². The number of hydrogen-bond donors (Lipinski definition) is 0. The molecule has 0 bridgehead atoms. The molecule has 0 saturated heterocycles. The predicted octanol–water partition coefficient (Wildman–Crippen LogP) is 3.28. The summed E-state index contributed by atoms with van der Waals surface area (Å²) in [5.41, 5.74) is 2.42. The molecule has 19 heavy (non-hydrogen) atoms. The second kappa shape index (κ2) is 4.53. The van der Waals surface area contributed by atoms with Gasteiger partial charge >= 0.3 is 5.97 Å². The number of nitrogens with zero attached hydrogens (tertiary/aromatic N) is 1. The summed E-state index contributed by atoms with van der Waals surface area (Å²) < 4.78 is 5.19. The van der Waals surface area contributed by atoms with Crippen LogP contribution in [0.25, 0.3) is 0 Å². The van der Waals surface area contributed by atoms with E-state index in [1.165, 1.54) is 0 Å². The van der Waals surface area contributed by atoms with Gasteiger partial charge in [0.1, 0.15) is 5.75 Å². The minimum Gasteiger partial charge on any atom is -0.422 e. The van der Waals surface area contributed by atoms with Crippen molar-refractivity contribution in [1.29, 1.82) is 0 Å². The van der Waals surface area contributed by atoms with Gasteiger partial charge in [-0.05, 0) is 24.3 Å². The van der Waals surface area contributed by atoms with E-state index in [-0.39, 0.29) is 5.57 Å². The Balaban J connectivity index is 2.17. The number of carbonyl (C=O) groups is 1. The molecule has 2 aromatic carbocycles. The molecule has 0 fully saturated rings. The van der Waals surface area contributed by atoms with E-state index in [1.54, 1.807) is 6.07 Å². The molecule has 0 aliphatic carbocycles. The van der Waals surface area contributed by atoms with E-state index in [0.717, 1.165) is 11.3 Å². The molecule has 0 aromatic heterocycles. The van der Waals surface area contributed by atoms with Gasteiger partial charge in [-0.2, -0.15) is 0 Å². The van der Waals surface area contributed by atoms with Gasteiger partial charge in [0.15, 0.2) is 0 Å². The van der Waals surface area contributed by atoms with Crippen molar-refractivity contribution in [3.8, 4) is 5.75 Å². The van der Waals surface area contributed by atoms with Crippen LogP contribution in [0.2, 0.25) is 0 Å². The van der Waals surface area contributed by atoms with Crippen molar-refractivity contribution < 1.29 is 9.53 Å². The van der Waals surface area contributed by atoms with Crippen LogP contribution in [0, 0.1) is 0 Å². The SMILES string of the molecule is C=C1C(=O)Oc2ccccc2C1=Nc1ccccc1. The lowest BCUT2D eigenvalue weighted by Crippen LogP contribution is -2.24. The van der Waals surface area contributed by atoms with Crippen LogP contribution >= 0.6 is 0 Å². The molecule has 1 heterocycles. The maximum absolute atomic E-state index is 11.8. The number of para-hydroxylation sites is 2. The quantitative estimate of drug-likeness (QED) is 0.442. The fourth-order valence-electron chi connectivity index (χ4n) is 1.93. The third-order valence-electron chi connectivity index (χ3n) is 2.87. The van der Waals surface area contributed by atoms with Crippen molar-refractivity contribution in [3.63, 3.8) is 0 Å². The topological polar surface area (TPSA) is 38.7 Å². The van der Waals surface area contributed by atoms with Crippen molar-refractivity contribution >= 4 is 17.4 Å². The number of hydrogen-bond acceptors (Lipinski definition) is 3. The van der Waals surface area contributed by atoms with Gasteiger partial charge in [-0.3, -0.25) is 0 Å². The molecule has 3 heteroatoms. The lowest BCUT2D eigenvalue weighted by Gasteiger charge is -2.18. The summed E-state index contributed by atoms with van der Waals surface area (Å²) in [5.74, 6) is 0.0722. The smallest absolute Gasteiger partial charge is 0.345 e. The van der Waals surface area contributed by atoms with E-state index >= 15 is 0 Å². The predicted molar refractivity (Wildman–Crippen MR) is 73.9 cm³/mol. The monoisotopic (exact) mass is 249 g/mol. The summed E-state index contributed by atoms with van der Waals surface area (Å²) in [6.07, 6.45) is 0. The molecule has 0 unspecified atom stereocenters. The zero-order valence-electron chi connectivity index (χ0n) is 10.2. The Kier molecular flexibility index (Phi) is 2.72. The second-order valence-electron chi connectivity index (χ2n) is 4.16. The highest BCUT2D eigenvalue weighted by molar-refractivity contribution is 6.30. The highest BCUT2D eigenvalue weighted by atomic mass is 16.5. The highest BCUT2D eigenvalue weighted by Crippen LogP contribution is 2.29. The van der Waals surface area contributed by atoms with Crippen molar-refractivity contribution in [2.24, 2.45) is 4.99 Å². The zero-order chi connectivity index (χ0) is 13.2. The van der Waals surface area contributed by atoms with Crippen LogP contribution in [0.1, 0.15) is 5.56 Å². The largest absolute Gasteiger partial charge is 0.422 e. The third kappa shape index (κ3) is 2.06. The van der Waals surface area contributed by atoms with Gasteiger partial charge < -0.3 is 4.74 Å². The summed E-state index contributed by atoms with van der Waals surface area (Å²) >= 11 is 0. The first-order chi connectivity index (χ1) is 9.25. The van der Waals surface area contributed by atoms with Gasteiger partial charge in [0.25, 0.3) is 0 Å². The lowest BCUT2D eigenvalue weighted by atomic mass is 10.00. The number of ether oxygens (including phenoxy) is 1. The summed E-state index contributed by atoms with van der Waals surface area (Å²) in [7, 11) is 0. The molecule has 0 saturated carbocycles. The molecule has 1 aliphatic heterocycles. The van der Waals surface area contributed by atoms with Gasteiger partial charge in [-0.25, -0.2) is 9.79 Å². The van der Waals surface area contributed by atoms with Crippen molar-refractivity contribution in [2.75, 3.05) is 0 Å². The Hall–Kier alpha value is -2.68.